The average molecular weight is 488 g/mol. The van der Waals surface area contributed by atoms with Crippen LogP contribution in [0.15, 0.2) is 71.1 Å². The van der Waals surface area contributed by atoms with Gasteiger partial charge in [-0.25, -0.2) is 0 Å². The smallest absolute Gasteiger partial charge is 0.291 e. The summed E-state index contributed by atoms with van der Waals surface area (Å²) in [5, 5.41) is 23.3. The molecule has 5 aromatic rings. The zero-order valence-electron chi connectivity index (χ0n) is 18.7. The van der Waals surface area contributed by atoms with Crippen molar-refractivity contribution < 1.29 is 14.1 Å². The molecule has 1 amide bonds. The van der Waals surface area contributed by atoms with E-state index in [0.29, 0.717) is 38.6 Å². The summed E-state index contributed by atoms with van der Waals surface area (Å²) in [5.74, 6) is 0.112. The van der Waals surface area contributed by atoms with E-state index in [2.05, 4.69) is 15.5 Å². The molecule has 2 heterocycles. The Morgan fingerprint density at radius 1 is 0.971 bits per heavy atom. The Morgan fingerprint density at radius 3 is 2.51 bits per heavy atom. The second kappa shape index (κ2) is 8.69. The Balaban J connectivity index is 1.36. The fourth-order valence-electron chi connectivity index (χ4n) is 3.65. The van der Waals surface area contributed by atoms with Gasteiger partial charge in [-0.15, -0.1) is 10.2 Å². The molecular weight excluding hydrogens is 470 g/mol. The van der Waals surface area contributed by atoms with Gasteiger partial charge in [-0.3, -0.25) is 14.9 Å². The number of rotatable bonds is 5. The molecule has 0 aliphatic rings. The van der Waals surface area contributed by atoms with Gasteiger partial charge in [0.25, 0.3) is 11.6 Å². The molecule has 0 aliphatic carbocycles. The number of aromatic nitrogens is 3. The van der Waals surface area contributed by atoms with Gasteiger partial charge >= 0.3 is 0 Å². The lowest BCUT2D eigenvalue weighted by Gasteiger charge is -2.04. The molecule has 9 nitrogen and oxygen atoms in total. The van der Waals surface area contributed by atoms with E-state index in [1.807, 2.05) is 19.1 Å². The molecule has 0 saturated carbocycles. The van der Waals surface area contributed by atoms with Crippen molar-refractivity contribution in [2.75, 3.05) is 5.32 Å². The van der Waals surface area contributed by atoms with Gasteiger partial charge in [0, 0.05) is 28.4 Å². The lowest BCUT2D eigenvalue weighted by atomic mass is 10.1. The number of halogens is 1. The highest BCUT2D eigenvalue weighted by Gasteiger charge is 2.16. The van der Waals surface area contributed by atoms with Gasteiger partial charge in [-0.2, -0.15) is 4.80 Å². The number of amides is 1. The molecule has 3 aromatic carbocycles. The molecule has 5 rings (SSSR count). The number of nitrogens with one attached hydrogen (secondary N) is 1. The van der Waals surface area contributed by atoms with Crippen LogP contribution in [0.2, 0.25) is 5.02 Å². The number of benzene rings is 3. The molecular formula is C25H18ClN5O4. The molecule has 2 aromatic heterocycles. The molecule has 0 saturated heterocycles. The normalized spacial score (nSPS) is 11.1. The first-order chi connectivity index (χ1) is 16.8. The third kappa shape index (κ3) is 4.36. The van der Waals surface area contributed by atoms with Gasteiger partial charge < -0.3 is 9.73 Å². The topological polar surface area (TPSA) is 116 Å². The van der Waals surface area contributed by atoms with Gasteiger partial charge in [0.2, 0.25) is 0 Å². The maximum atomic E-state index is 12.8. The Hall–Kier alpha value is -4.50. The first-order valence-electron chi connectivity index (χ1n) is 10.6. The van der Waals surface area contributed by atoms with Crippen LogP contribution in [-0.4, -0.2) is 25.8 Å². The predicted molar refractivity (Wildman–Crippen MR) is 132 cm³/mol. The fourth-order valence-corrected chi connectivity index (χ4v) is 3.82. The number of aryl methyl sites for hydroxylation is 2. The van der Waals surface area contributed by atoms with E-state index in [4.69, 9.17) is 16.0 Å². The predicted octanol–water partition coefficient (Wildman–Crippen LogP) is 6.11. The maximum Gasteiger partial charge on any atom is 0.291 e. The van der Waals surface area contributed by atoms with E-state index in [1.165, 1.54) is 16.9 Å². The molecule has 0 atom stereocenters. The summed E-state index contributed by atoms with van der Waals surface area (Å²) in [6.07, 6.45) is 0. The number of nitrogens with zero attached hydrogens (tertiary/aromatic N) is 4. The van der Waals surface area contributed by atoms with Crippen LogP contribution in [0.25, 0.3) is 28.0 Å². The highest BCUT2D eigenvalue weighted by molar-refractivity contribution is 6.31. The second-order valence-electron chi connectivity index (χ2n) is 8.00. The van der Waals surface area contributed by atoms with Crippen LogP contribution in [-0.2, 0) is 0 Å². The van der Waals surface area contributed by atoms with Crippen molar-refractivity contribution in [1.29, 1.82) is 0 Å². The third-order valence-electron chi connectivity index (χ3n) is 5.54. The van der Waals surface area contributed by atoms with Crippen molar-refractivity contribution in [1.82, 2.24) is 15.0 Å². The molecule has 0 aliphatic heterocycles. The van der Waals surface area contributed by atoms with Gasteiger partial charge in [-0.1, -0.05) is 17.7 Å². The number of carbonyl (C=O) groups excluding carboxylic acids is 1. The van der Waals surface area contributed by atoms with Gasteiger partial charge in [0.05, 0.1) is 10.6 Å². The van der Waals surface area contributed by atoms with Crippen LogP contribution in [0.1, 0.15) is 21.7 Å². The summed E-state index contributed by atoms with van der Waals surface area (Å²) in [7, 11) is 0. The third-order valence-corrected chi connectivity index (χ3v) is 5.95. The minimum absolute atomic E-state index is 0.00595. The van der Waals surface area contributed by atoms with Crippen molar-refractivity contribution >= 4 is 39.9 Å². The molecule has 1 N–H and O–H groups in total. The average Bonchev–Trinajstić information content (AvgIpc) is 3.48. The summed E-state index contributed by atoms with van der Waals surface area (Å²) in [6, 6.07) is 18.5. The largest absolute Gasteiger partial charge is 0.451 e. The number of nitro benzene ring substituents is 1. The summed E-state index contributed by atoms with van der Waals surface area (Å²) in [4.78, 5) is 24.8. The molecule has 0 radical (unpaired) electrons. The standard InChI is InChI=1S/C25H18ClN5O4/c1-14-3-5-17(13-20(14)26)30-28-21-8-4-16(12-22(21)29-30)27-25(32)24-10-9-23(35-24)19-7-6-18(31(33)34)11-15(19)2/h3-13H,1-2H3,(H,27,32). The first kappa shape index (κ1) is 22.3. The number of furan rings is 1. The Bertz CT molecular complexity index is 1620. The summed E-state index contributed by atoms with van der Waals surface area (Å²) in [5.41, 5.74) is 4.81. The van der Waals surface area contributed by atoms with E-state index in [1.54, 1.807) is 49.4 Å². The number of hydrogen-bond acceptors (Lipinski definition) is 6. The molecule has 0 unspecified atom stereocenters. The van der Waals surface area contributed by atoms with E-state index in [0.717, 1.165) is 11.3 Å². The maximum absolute atomic E-state index is 12.8. The molecule has 35 heavy (non-hydrogen) atoms. The monoisotopic (exact) mass is 487 g/mol. The van der Waals surface area contributed by atoms with Crippen molar-refractivity contribution in [2.45, 2.75) is 13.8 Å². The lowest BCUT2D eigenvalue weighted by molar-refractivity contribution is -0.384. The number of hydrogen-bond donors (Lipinski definition) is 1. The first-order valence-corrected chi connectivity index (χ1v) is 11.0. The van der Waals surface area contributed by atoms with Crippen molar-refractivity contribution in [3.63, 3.8) is 0 Å². The minimum atomic E-state index is -0.455. The van der Waals surface area contributed by atoms with Crippen molar-refractivity contribution in [3.8, 4) is 17.0 Å². The zero-order valence-corrected chi connectivity index (χ0v) is 19.4. The van der Waals surface area contributed by atoms with Crippen LogP contribution in [0.4, 0.5) is 11.4 Å². The van der Waals surface area contributed by atoms with Crippen LogP contribution in [0.3, 0.4) is 0 Å². The number of anilines is 1. The van der Waals surface area contributed by atoms with Crippen LogP contribution in [0, 0.1) is 24.0 Å². The number of nitro groups is 1. The van der Waals surface area contributed by atoms with Crippen molar-refractivity contribution in [3.05, 3.63) is 98.8 Å². The highest BCUT2D eigenvalue weighted by Crippen LogP contribution is 2.29. The number of carbonyl (C=O) groups is 1. The van der Waals surface area contributed by atoms with E-state index in [-0.39, 0.29) is 11.4 Å². The summed E-state index contributed by atoms with van der Waals surface area (Å²) in [6.45, 7) is 3.67. The Labute approximate surface area is 204 Å². The van der Waals surface area contributed by atoms with E-state index in [9.17, 15) is 14.9 Å². The van der Waals surface area contributed by atoms with Gasteiger partial charge in [0.15, 0.2) is 5.76 Å². The van der Waals surface area contributed by atoms with E-state index < -0.39 is 10.8 Å². The quantitative estimate of drug-likeness (QED) is 0.236. The summed E-state index contributed by atoms with van der Waals surface area (Å²) >= 11 is 6.22. The number of fused-ring (bicyclic) bond motifs is 1. The van der Waals surface area contributed by atoms with Crippen LogP contribution < -0.4 is 5.32 Å². The van der Waals surface area contributed by atoms with Crippen molar-refractivity contribution in [2.24, 2.45) is 0 Å². The molecule has 174 valence electrons. The lowest BCUT2D eigenvalue weighted by Crippen LogP contribution is -2.10. The fraction of sp³-hybridized carbons (Fsp3) is 0.0800. The van der Waals surface area contributed by atoms with Gasteiger partial charge in [-0.05, 0) is 73.5 Å². The SMILES string of the molecule is Cc1ccc(-n2nc3ccc(NC(=O)c4ccc(-c5ccc([N+](=O)[O-])cc5C)o4)cc3n2)cc1Cl. The van der Waals surface area contributed by atoms with Gasteiger partial charge in [0.1, 0.15) is 16.8 Å². The molecule has 0 bridgehead atoms. The molecule has 0 spiro atoms. The minimum Gasteiger partial charge on any atom is -0.451 e. The Kier molecular flexibility index (Phi) is 5.54. The Morgan fingerprint density at radius 2 is 1.77 bits per heavy atom. The summed E-state index contributed by atoms with van der Waals surface area (Å²) < 4.78 is 5.73. The van der Waals surface area contributed by atoms with Crippen LogP contribution in [0.5, 0.6) is 0 Å². The molecule has 10 heteroatoms. The van der Waals surface area contributed by atoms with Crippen LogP contribution >= 0.6 is 11.6 Å². The number of non-ortho nitro benzene ring substituents is 1. The zero-order chi connectivity index (χ0) is 24.7. The molecule has 0 fully saturated rings. The van der Waals surface area contributed by atoms with E-state index >= 15 is 0 Å². The second-order valence-corrected chi connectivity index (χ2v) is 8.41. The highest BCUT2D eigenvalue weighted by atomic mass is 35.5.